The number of amides is 1. The Kier molecular flexibility index (Phi) is 10.4. The molecule has 0 unspecified atom stereocenters. The first-order valence-electron chi connectivity index (χ1n) is 13.4. The van der Waals surface area contributed by atoms with Crippen LogP contribution in [-0.4, -0.2) is 98.1 Å². The Morgan fingerprint density at radius 3 is 2.60 bits per heavy atom. The first-order chi connectivity index (χ1) is 19.5. The molecule has 11 heteroatoms. The van der Waals surface area contributed by atoms with Gasteiger partial charge >= 0.3 is 6.09 Å². The Labute approximate surface area is 235 Å². The molecule has 0 bridgehead atoms. The Bertz CT molecular complexity index is 1220. The van der Waals surface area contributed by atoms with Gasteiger partial charge in [-0.05, 0) is 49.4 Å². The Hall–Kier alpha value is -4.09. The summed E-state index contributed by atoms with van der Waals surface area (Å²) in [6.07, 6.45) is 2.65. The number of piperazine rings is 1. The molecule has 2 N–H and O–H groups in total. The van der Waals surface area contributed by atoms with E-state index in [0.29, 0.717) is 23.9 Å². The molecule has 1 aromatic heterocycles. The maximum atomic E-state index is 12.4. The fourth-order valence-corrected chi connectivity index (χ4v) is 4.68. The summed E-state index contributed by atoms with van der Waals surface area (Å²) in [7, 11) is 5.34. The first kappa shape index (κ1) is 28.9. The highest BCUT2D eigenvalue weighted by Crippen LogP contribution is 2.32. The number of hydrogen-bond donors (Lipinski definition) is 2. The van der Waals surface area contributed by atoms with Crippen LogP contribution < -0.4 is 24.4 Å². The van der Waals surface area contributed by atoms with Crippen molar-refractivity contribution in [3.05, 3.63) is 66.6 Å². The van der Waals surface area contributed by atoms with Crippen molar-refractivity contribution >= 4 is 17.6 Å². The van der Waals surface area contributed by atoms with Gasteiger partial charge in [0.05, 0.1) is 26.9 Å². The van der Waals surface area contributed by atoms with E-state index in [9.17, 15) is 9.90 Å². The van der Waals surface area contributed by atoms with Crippen LogP contribution in [-0.2, 0) is 0 Å². The molecular formula is C29H38N6O5. The van der Waals surface area contributed by atoms with Crippen molar-refractivity contribution < 1.29 is 24.1 Å². The molecule has 3 aromatic rings. The van der Waals surface area contributed by atoms with Crippen molar-refractivity contribution in [2.45, 2.75) is 12.5 Å². The number of nitrogens with one attached hydrogen (secondary N) is 1. The number of aromatic nitrogens is 2. The van der Waals surface area contributed by atoms with Crippen molar-refractivity contribution in [2.75, 3.05) is 77.4 Å². The summed E-state index contributed by atoms with van der Waals surface area (Å²) in [5.74, 6) is 2.18. The van der Waals surface area contributed by atoms with E-state index in [1.54, 1.807) is 20.3 Å². The monoisotopic (exact) mass is 550 g/mol. The third-order valence-corrected chi connectivity index (χ3v) is 6.94. The van der Waals surface area contributed by atoms with E-state index in [1.165, 1.54) is 17.4 Å². The number of carboxylic acid groups (broad SMARTS) is 1. The number of ether oxygens (including phenoxy) is 3. The molecule has 1 saturated heterocycles. The summed E-state index contributed by atoms with van der Waals surface area (Å²) in [4.78, 5) is 26.6. The highest BCUT2D eigenvalue weighted by Gasteiger charge is 2.28. The van der Waals surface area contributed by atoms with Gasteiger partial charge in [-0.3, -0.25) is 4.90 Å². The SMILES string of the molecule is COc1cccc([C@H](CNc2ccc(OCCCN3CCN(C)CC3)c(OC)c2)N(C(=O)O)c2ccncn2)c1. The van der Waals surface area contributed by atoms with Crippen LogP contribution in [0.1, 0.15) is 18.0 Å². The molecule has 214 valence electrons. The molecular weight excluding hydrogens is 512 g/mol. The summed E-state index contributed by atoms with van der Waals surface area (Å²) in [5, 5.41) is 13.5. The van der Waals surface area contributed by atoms with E-state index >= 15 is 0 Å². The van der Waals surface area contributed by atoms with Gasteiger partial charge in [-0.25, -0.2) is 14.8 Å². The zero-order chi connectivity index (χ0) is 28.3. The van der Waals surface area contributed by atoms with Gasteiger partial charge in [-0.2, -0.15) is 0 Å². The third-order valence-electron chi connectivity index (χ3n) is 6.94. The predicted octanol–water partition coefficient (Wildman–Crippen LogP) is 3.85. The van der Waals surface area contributed by atoms with Crippen LogP contribution in [0.3, 0.4) is 0 Å². The highest BCUT2D eigenvalue weighted by atomic mass is 16.5. The lowest BCUT2D eigenvalue weighted by Crippen LogP contribution is -2.44. The van der Waals surface area contributed by atoms with E-state index in [4.69, 9.17) is 14.2 Å². The predicted molar refractivity (Wildman–Crippen MR) is 154 cm³/mol. The molecule has 1 fully saturated rings. The van der Waals surface area contributed by atoms with Crippen molar-refractivity contribution in [1.82, 2.24) is 19.8 Å². The average Bonchev–Trinajstić information content (AvgIpc) is 2.98. The molecule has 0 spiro atoms. The van der Waals surface area contributed by atoms with E-state index in [-0.39, 0.29) is 12.4 Å². The second kappa shape index (κ2) is 14.3. The van der Waals surface area contributed by atoms with Gasteiger partial charge < -0.3 is 34.4 Å². The molecule has 4 rings (SSSR count). The molecule has 1 amide bonds. The molecule has 11 nitrogen and oxygen atoms in total. The average molecular weight is 551 g/mol. The number of anilines is 2. The van der Waals surface area contributed by atoms with E-state index in [0.717, 1.165) is 50.4 Å². The fraction of sp³-hybridized carbons (Fsp3) is 0.414. The van der Waals surface area contributed by atoms with Gasteiger partial charge in [0, 0.05) is 57.2 Å². The molecule has 1 aliphatic heterocycles. The number of rotatable bonds is 13. The number of carbonyl (C=O) groups is 1. The molecule has 0 radical (unpaired) electrons. The molecule has 2 aromatic carbocycles. The highest BCUT2D eigenvalue weighted by molar-refractivity contribution is 5.85. The van der Waals surface area contributed by atoms with Gasteiger partial charge in [0.2, 0.25) is 0 Å². The Morgan fingerprint density at radius 2 is 1.90 bits per heavy atom. The van der Waals surface area contributed by atoms with Crippen LogP contribution >= 0.6 is 0 Å². The lowest BCUT2D eigenvalue weighted by atomic mass is 10.0. The minimum absolute atomic E-state index is 0.262. The molecule has 2 heterocycles. The number of likely N-dealkylation sites (N-methyl/N-ethyl adjacent to an activating group) is 1. The summed E-state index contributed by atoms with van der Waals surface area (Å²) < 4.78 is 17.0. The van der Waals surface area contributed by atoms with Crippen LogP contribution in [0, 0.1) is 0 Å². The molecule has 1 aliphatic rings. The summed E-state index contributed by atoms with van der Waals surface area (Å²) in [6.45, 7) is 6.25. The number of benzene rings is 2. The standard InChI is InChI=1S/C29H38N6O5/c1-33-13-15-34(16-14-33)12-5-17-40-26-9-8-23(19-27(26)39-3)31-20-25(22-6-4-7-24(18-22)38-2)35(29(36)37)28-10-11-30-21-32-28/h4,6-11,18-19,21,25,31H,5,12-17,20H2,1-3H3,(H,36,37)/t25-/m0/s1. The smallest absolute Gasteiger partial charge is 0.413 e. The Balaban J connectivity index is 1.44. The van der Waals surface area contributed by atoms with E-state index in [2.05, 4.69) is 32.1 Å². The topological polar surface area (TPSA) is 113 Å². The summed E-state index contributed by atoms with van der Waals surface area (Å²) >= 11 is 0. The van der Waals surface area contributed by atoms with Gasteiger partial charge in [0.25, 0.3) is 0 Å². The maximum Gasteiger partial charge on any atom is 0.413 e. The van der Waals surface area contributed by atoms with Crippen molar-refractivity contribution in [2.24, 2.45) is 0 Å². The first-order valence-corrected chi connectivity index (χ1v) is 13.4. The van der Waals surface area contributed by atoms with E-state index < -0.39 is 12.1 Å². The zero-order valence-corrected chi connectivity index (χ0v) is 23.3. The second-order valence-corrected chi connectivity index (χ2v) is 9.61. The van der Waals surface area contributed by atoms with Crippen LogP contribution in [0.2, 0.25) is 0 Å². The fourth-order valence-electron chi connectivity index (χ4n) is 4.68. The van der Waals surface area contributed by atoms with Gasteiger partial charge in [0.1, 0.15) is 17.9 Å². The van der Waals surface area contributed by atoms with Crippen LogP contribution in [0.4, 0.5) is 16.3 Å². The lowest BCUT2D eigenvalue weighted by Gasteiger charge is -2.32. The normalized spacial score (nSPS) is 14.8. The summed E-state index contributed by atoms with van der Waals surface area (Å²) in [5.41, 5.74) is 1.52. The van der Waals surface area contributed by atoms with E-state index in [1.807, 2.05) is 42.5 Å². The summed E-state index contributed by atoms with van der Waals surface area (Å²) in [6, 6.07) is 13.9. The zero-order valence-electron chi connectivity index (χ0n) is 23.3. The number of methoxy groups -OCH3 is 2. The molecule has 40 heavy (non-hydrogen) atoms. The maximum absolute atomic E-state index is 12.4. The van der Waals surface area contributed by atoms with Crippen molar-refractivity contribution in [3.8, 4) is 17.2 Å². The second-order valence-electron chi connectivity index (χ2n) is 9.61. The van der Waals surface area contributed by atoms with Crippen molar-refractivity contribution in [1.29, 1.82) is 0 Å². The number of hydrogen-bond acceptors (Lipinski definition) is 9. The van der Waals surface area contributed by atoms with Crippen LogP contribution in [0.25, 0.3) is 0 Å². The lowest BCUT2D eigenvalue weighted by molar-refractivity contribution is 0.145. The van der Waals surface area contributed by atoms with Gasteiger partial charge in [0.15, 0.2) is 11.5 Å². The molecule has 0 aliphatic carbocycles. The van der Waals surface area contributed by atoms with Crippen molar-refractivity contribution in [3.63, 3.8) is 0 Å². The van der Waals surface area contributed by atoms with Gasteiger partial charge in [-0.1, -0.05) is 12.1 Å². The quantitative estimate of drug-likeness (QED) is 0.304. The van der Waals surface area contributed by atoms with Crippen LogP contribution in [0.5, 0.6) is 17.2 Å². The molecule has 1 atom stereocenters. The Morgan fingerprint density at radius 1 is 1.07 bits per heavy atom. The van der Waals surface area contributed by atoms with Crippen LogP contribution in [0.15, 0.2) is 61.1 Å². The minimum atomic E-state index is -1.13. The third kappa shape index (κ3) is 7.73. The number of nitrogens with zero attached hydrogens (tertiary/aromatic N) is 5. The van der Waals surface area contributed by atoms with Gasteiger partial charge in [-0.15, -0.1) is 0 Å². The minimum Gasteiger partial charge on any atom is -0.497 e. The largest absolute Gasteiger partial charge is 0.497 e. The molecule has 0 saturated carbocycles.